The van der Waals surface area contributed by atoms with Crippen molar-refractivity contribution in [1.29, 1.82) is 0 Å². The van der Waals surface area contributed by atoms with Gasteiger partial charge in [0.1, 0.15) is 11.3 Å². The topological polar surface area (TPSA) is 64.9 Å². The van der Waals surface area contributed by atoms with E-state index in [1.165, 1.54) is 0 Å². The highest BCUT2D eigenvalue weighted by atomic mass is 16.5. The quantitative estimate of drug-likeness (QED) is 0.777. The predicted octanol–water partition coefficient (Wildman–Crippen LogP) is 2.55. The lowest BCUT2D eigenvalue weighted by Gasteiger charge is -2.04. The number of fused-ring (bicyclic) bond motifs is 1. The Kier molecular flexibility index (Phi) is 2.14. The molecule has 15 heavy (non-hydrogen) atoms. The van der Waals surface area contributed by atoms with Crippen LogP contribution in [0.3, 0.4) is 0 Å². The molecular weight excluding hydrogens is 190 g/mol. The fraction of sp³-hybridized carbons (Fsp3) is 0.455. The summed E-state index contributed by atoms with van der Waals surface area (Å²) in [6, 6.07) is 0. The molecule has 80 valence electrons. The highest BCUT2D eigenvalue weighted by molar-refractivity contribution is 5.93. The lowest BCUT2D eigenvalue weighted by molar-refractivity contribution is 0.379. The van der Waals surface area contributed by atoms with Crippen LogP contribution in [-0.2, 0) is 0 Å². The van der Waals surface area contributed by atoms with Gasteiger partial charge in [0.15, 0.2) is 0 Å². The first-order valence-electron chi connectivity index (χ1n) is 5.04. The summed E-state index contributed by atoms with van der Waals surface area (Å²) in [6.07, 6.45) is 0. The number of pyridine rings is 1. The molecule has 2 aromatic rings. The van der Waals surface area contributed by atoms with Crippen LogP contribution in [0.2, 0.25) is 0 Å². The summed E-state index contributed by atoms with van der Waals surface area (Å²) >= 11 is 0. The minimum atomic E-state index is 0.289. The Balaban J connectivity index is 2.87. The second-order valence-electron chi connectivity index (χ2n) is 4.12. The van der Waals surface area contributed by atoms with Gasteiger partial charge in [-0.05, 0) is 13.8 Å². The van der Waals surface area contributed by atoms with Gasteiger partial charge in [-0.15, -0.1) is 0 Å². The zero-order valence-corrected chi connectivity index (χ0v) is 9.46. The fourth-order valence-electron chi connectivity index (χ4n) is 1.77. The number of nitrogens with zero attached hydrogens (tertiary/aromatic N) is 2. The van der Waals surface area contributed by atoms with Gasteiger partial charge in [0.05, 0.1) is 22.5 Å². The lowest BCUT2D eigenvalue weighted by atomic mass is 10.1. The van der Waals surface area contributed by atoms with E-state index >= 15 is 0 Å². The summed E-state index contributed by atoms with van der Waals surface area (Å²) in [5.41, 5.74) is 9.01. The number of hydrogen-bond donors (Lipinski definition) is 1. The maximum Gasteiger partial charge on any atom is 0.149 e. The Morgan fingerprint density at radius 3 is 2.47 bits per heavy atom. The maximum absolute atomic E-state index is 5.92. The number of hydrogen-bond acceptors (Lipinski definition) is 4. The molecule has 0 spiro atoms. The fourth-order valence-corrected chi connectivity index (χ4v) is 1.77. The third-order valence-corrected chi connectivity index (χ3v) is 2.58. The third kappa shape index (κ3) is 1.37. The van der Waals surface area contributed by atoms with Crippen LogP contribution in [0.15, 0.2) is 4.52 Å². The molecule has 0 aromatic carbocycles. The molecule has 0 atom stereocenters. The number of aryl methyl sites for hydroxylation is 2. The van der Waals surface area contributed by atoms with Crippen LogP contribution < -0.4 is 5.73 Å². The SMILES string of the molecule is Cc1nc(C)c2c(C(C)C)onc2c1N. The summed E-state index contributed by atoms with van der Waals surface area (Å²) in [5, 5.41) is 4.99. The van der Waals surface area contributed by atoms with Crippen molar-refractivity contribution in [3.63, 3.8) is 0 Å². The molecule has 2 N–H and O–H groups in total. The molecule has 0 aliphatic heterocycles. The van der Waals surface area contributed by atoms with Gasteiger partial charge in [-0.25, -0.2) is 0 Å². The molecule has 0 unspecified atom stereocenters. The van der Waals surface area contributed by atoms with Crippen LogP contribution in [0.25, 0.3) is 10.9 Å². The Hall–Kier alpha value is -1.58. The zero-order chi connectivity index (χ0) is 11.2. The Labute approximate surface area is 88.5 Å². The standard InChI is InChI=1S/C11H15N3O/c1-5(2)11-8-6(3)13-7(4)9(12)10(8)14-15-11/h5H,12H2,1-4H3. The zero-order valence-electron chi connectivity index (χ0n) is 9.46. The minimum absolute atomic E-state index is 0.289. The average molecular weight is 205 g/mol. The second-order valence-corrected chi connectivity index (χ2v) is 4.12. The molecule has 2 rings (SSSR count). The maximum atomic E-state index is 5.92. The van der Waals surface area contributed by atoms with Crippen molar-refractivity contribution in [2.75, 3.05) is 5.73 Å². The number of aromatic nitrogens is 2. The van der Waals surface area contributed by atoms with Crippen LogP contribution in [0.5, 0.6) is 0 Å². The summed E-state index contributed by atoms with van der Waals surface area (Å²) in [5.74, 6) is 1.15. The van der Waals surface area contributed by atoms with Gasteiger partial charge >= 0.3 is 0 Å². The number of rotatable bonds is 1. The van der Waals surface area contributed by atoms with E-state index in [1.54, 1.807) is 0 Å². The minimum Gasteiger partial charge on any atom is -0.395 e. The summed E-state index contributed by atoms with van der Waals surface area (Å²) in [7, 11) is 0. The molecule has 4 heteroatoms. The van der Waals surface area contributed by atoms with Crippen LogP contribution in [0.4, 0.5) is 5.69 Å². The Morgan fingerprint density at radius 2 is 1.87 bits per heavy atom. The smallest absolute Gasteiger partial charge is 0.149 e. The van der Waals surface area contributed by atoms with E-state index < -0.39 is 0 Å². The van der Waals surface area contributed by atoms with Crippen molar-refractivity contribution in [2.24, 2.45) is 0 Å². The second kappa shape index (κ2) is 3.22. The first-order chi connectivity index (χ1) is 7.02. The van der Waals surface area contributed by atoms with Crippen LogP contribution in [-0.4, -0.2) is 10.1 Å². The molecule has 0 aliphatic rings. The first kappa shape index (κ1) is 9.96. The van der Waals surface area contributed by atoms with Gasteiger partial charge < -0.3 is 10.3 Å². The van der Waals surface area contributed by atoms with E-state index in [0.717, 1.165) is 28.1 Å². The van der Waals surface area contributed by atoms with Crippen LogP contribution >= 0.6 is 0 Å². The Morgan fingerprint density at radius 1 is 1.20 bits per heavy atom. The molecule has 0 radical (unpaired) electrons. The van der Waals surface area contributed by atoms with Crippen LogP contribution in [0.1, 0.15) is 36.9 Å². The molecule has 2 heterocycles. The number of anilines is 1. The van der Waals surface area contributed by atoms with Gasteiger partial charge in [0.2, 0.25) is 0 Å². The third-order valence-electron chi connectivity index (χ3n) is 2.58. The van der Waals surface area contributed by atoms with Gasteiger partial charge in [-0.3, -0.25) is 4.98 Å². The molecular formula is C11H15N3O. The van der Waals surface area contributed by atoms with Crippen molar-refractivity contribution < 1.29 is 4.52 Å². The van der Waals surface area contributed by atoms with Gasteiger partial charge in [0.25, 0.3) is 0 Å². The lowest BCUT2D eigenvalue weighted by Crippen LogP contribution is -1.97. The van der Waals surface area contributed by atoms with E-state index in [9.17, 15) is 0 Å². The van der Waals surface area contributed by atoms with Gasteiger partial charge in [0, 0.05) is 5.92 Å². The molecule has 0 bridgehead atoms. The molecule has 0 fully saturated rings. The van der Waals surface area contributed by atoms with Gasteiger partial charge in [-0.1, -0.05) is 19.0 Å². The van der Waals surface area contributed by atoms with Crippen molar-refractivity contribution in [2.45, 2.75) is 33.6 Å². The average Bonchev–Trinajstić information content (AvgIpc) is 2.58. The number of nitrogen functional groups attached to an aromatic ring is 1. The van der Waals surface area contributed by atoms with Crippen molar-refractivity contribution in [1.82, 2.24) is 10.1 Å². The monoisotopic (exact) mass is 205 g/mol. The van der Waals surface area contributed by atoms with Crippen LogP contribution in [0, 0.1) is 13.8 Å². The normalized spacial score (nSPS) is 11.5. The predicted molar refractivity (Wildman–Crippen MR) is 59.8 cm³/mol. The molecule has 0 saturated heterocycles. The van der Waals surface area contributed by atoms with E-state index in [1.807, 2.05) is 13.8 Å². The number of nitrogens with two attached hydrogens (primary N) is 1. The molecule has 0 saturated carbocycles. The van der Waals surface area contributed by atoms with Crippen molar-refractivity contribution >= 4 is 16.6 Å². The highest BCUT2D eigenvalue weighted by Gasteiger charge is 2.18. The van der Waals surface area contributed by atoms with E-state index in [2.05, 4.69) is 24.0 Å². The molecule has 4 nitrogen and oxygen atoms in total. The van der Waals surface area contributed by atoms with Gasteiger partial charge in [-0.2, -0.15) is 0 Å². The largest absolute Gasteiger partial charge is 0.395 e. The first-order valence-corrected chi connectivity index (χ1v) is 5.04. The Bertz CT molecular complexity index is 514. The molecule has 2 aromatic heterocycles. The summed E-state index contributed by atoms with van der Waals surface area (Å²) in [6.45, 7) is 7.97. The summed E-state index contributed by atoms with van der Waals surface area (Å²) < 4.78 is 5.32. The van der Waals surface area contributed by atoms with Crippen molar-refractivity contribution in [3.05, 3.63) is 17.1 Å². The van der Waals surface area contributed by atoms with Crippen molar-refractivity contribution in [3.8, 4) is 0 Å². The van der Waals surface area contributed by atoms with E-state index in [-0.39, 0.29) is 5.92 Å². The molecule has 0 amide bonds. The molecule has 0 aliphatic carbocycles. The van der Waals surface area contributed by atoms with E-state index in [4.69, 9.17) is 10.3 Å². The highest BCUT2D eigenvalue weighted by Crippen LogP contribution is 2.31. The summed E-state index contributed by atoms with van der Waals surface area (Å²) in [4.78, 5) is 4.39. The van der Waals surface area contributed by atoms with E-state index in [0.29, 0.717) is 5.69 Å².